The van der Waals surface area contributed by atoms with Crippen LogP contribution in [0.4, 0.5) is 11.4 Å². The van der Waals surface area contributed by atoms with Crippen molar-refractivity contribution in [2.75, 3.05) is 37.4 Å². The Morgan fingerprint density at radius 2 is 1.93 bits per heavy atom. The van der Waals surface area contributed by atoms with Crippen molar-refractivity contribution in [1.29, 1.82) is 0 Å². The second-order valence-corrected chi connectivity index (χ2v) is 13.3. The van der Waals surface area contributed by atoms with Gasteiger partial charge in [-0.3, -0.25) is 4.79 Å². The predicted molar refractivity (Wildman–Crippen MR) is 184 cm³/mol. The fourth-order valence-electron chi connectivity index (χ4n) is 8.12. The zero-order chi connectivity index (χ0) is 32.3. The van der Waals surface area contributed by atoms with Gasteiger partial charge in [0.15, 0.2) is 0 Å². The van der Waals surface area contributed by atoms with Crippen LogP contribution in [-0.2, 0) is 27.2 Å². The molecule has 4 heterocycles. The first kappa shape index (κ1) is 30.3. The van der Waals surface area contributed by atoms with E-state index >= 15 is 0 Å². The van der Waals surface area contributed by atoms with Gasteiger partial charge >= 0.3 is 5.97 Å². The molecule has 7 heteroatoms. The maximum Gasteiger partial charge on any atom is 0.335 e. The van der Waals surface area contributed by atoms with Gasteiger partial charge in [-0.2, -0.15) is 0 Å². The number of aryl methyl sites for hydroxylation is 1. The van der Waals surface area contributed by atoms with Crippen LogP contribution in [0.15, 0.2) is 82.7 Å². The monoisotopic (exact) mass is 616 g/mol. The van der Waals surface area contributed by atoms with Crippen LogP contribution in [0.5, 0.6) is 0 Å². The first-order valence-electron chi connectivity index (χ1n) is 16.6. The van der Waals surface area contributed by atoms with E-state index in [4.69, 9.17) is 4.74 Å². The van der Waals surface area contributed by atoms with Crippen molar-refractivity contribution < 1.29 is 14.3 Å². The van der Waals surface area contributed by atoms with Crippen LogP contribution < -0.4 is 15.5 Å². The maximum absolute atomic E-state index is 13.2. The second kappa shape index (κ2) is 11.8. The molecule has 1 aliphatic carbocycles. The van der Waals surface area contributed by atoms with Crippen LogP contribution in [0.1, 0.15) is 60.4 Å². The number of fused-ring (bicyclic) bond motifs is 3. The van der Waals surface area contributed by atoms with Crippen LogP contribution in [-0.4, -0.2) is 56.1 Å². The van der Waals surface area contributed by atoms with Crippen molar-refractivity contribution in [2.24, 2.45) is 0 Å². The highest BCUT2D eigenvalue weighted by Crippen LogP contribution is 2.53. The van der Waals surface area contributed by atoms with Crippen LogP contribution in [0.3, 0.4) is 0 Å². The third-order valence-electron chi connectivity index (χ3n) is 10.5. The van der Waals surface area contributed by atoms with Gasteiger partial charge in [0.25, 0.3) is 0 Å². The summed E-state index contributed by atoms with van der Waals surface area (Å²) in [6, 6.07) is 10.2. The molecule has 46 heavy (non-hydrogen) atoms. The SMILES string of the molecule is C=C1C(CCC)=C(C2C=C(Cc3ccc(NC(=O)CNC)cc3)C(=O)O2)C=C2C3C(=C4CCCc5c(C)c(C)cc(c54)N3C)CN12. The lowest BCUT2D eigenvalue weighted by Gasteiger charge is -2.41. The minimum Gasteiger partial charge on any atom is -0.450 e. The molecule has 2 aromatic rings. The predicted octanol–water partition coefficient (Wildman–Crippen LogP) is 6.29. The van der Waals surface area contributed by atoms with Crippen LogP contribution >= 0.6 is 0 Å². The normalized spacial score (nSPS) is 21.6. The highest BCUT2D eigenvalue weighted by atomic mass is 16.5. The number of nitrogens with zero attached hydrogens (tertiary/aromatic N) is 2. The molecule has 5 aliphatic rings. The molecular weight excluding hydrogens is 572 g/mol. The fourth-order valence-corrected chi connectivity index (χ4v) is 8.12. The molecule has 7 rings (SSSR count). The quantitative estimate of drug-likeness (QED) is 0.340. The van der Waals surface area contributed by atoms with Gasteiger partial charge in [-0.1, -0.05) is 32.1 Å². The average molecular weight is 617 g/mol. The molecule has 238 valence electrons. The van der Waals surface area contributed by atoms with E-state index in [1.165, 1.54) is 56.8 Å². The van der Waals surface area contributed by atoms with E-state index in [0.717, 1.165) is 54.7 Å². The number of amides is 1. The Balaban J connectivity index is 1.21. The zero-order valence-electron chi connectivity index (χ0n) is 27.7. The number of allylic oxidation sites excluding steroid dienone is 2. The van der Waals surface area contributed by atoms with Gasteiger partial charge < -0.3 is 25.2 Å². The smallest absolute Gasteiger partial charge is 0.335 e. The number of benzene rings is 2. The lowest BCUT2D eigenvalue weighted by molar-refractivity contribution is -0.138. The summed E-state index contributed by atoms with van der Waals surface area (Å²) in [6.07, 6.45) is 9.65. The van der Waals surface area contributed by atoms with E-state index in [0.29, 0.717) is 12.0 Å². The van der Waals surface area contributed by atoms with Gasteiger partial charge in [0.1, 0.15) is 6.10 Å². The highest BCUT2D eigenvalue weighted by Gasteiger charge is 2.46. The Labute approximate surface area is 272 Å². The molecule has 0 aromatic heterocycles. The number of esters is 1. The first-order valence-corrected chi connectivity index (χ1v) is 16.6. The van der Waals surface area contributed by atoms with Crippen molar-refractivity contribution in [2.45, 2.75) is 71.4 Å². The molecular formula is C39H44N4O3. The molecule has 1 saturated heterocycles. The lowest BCUT2D eigenvalue weighted by atomic mass is 9.76. The summed E-state index contributed by atoms with van der Waals surface area (Å²) >= 11 is 0. The number of carbonyl (C=O) groups excluding carboxylic acids is 2. The van der Waals surface area contributed by atoms with Gasteiger partial charge in [-0.15, -0.1) is 0 Å². The average Bonchev–Trinajstić information content (AvgIpc) is 3.61. The molecule has 2 atom stereocenters. The summed E-state index contributed by atoms with van der Waals surface area (Å²) in [4.78, 5) is 30.1. The standard InChI is InChI=1S/C39H44N4O3/c1-7-9-29-24(4)43-21-32-30-11-8-10-28-23(3)22(2)16-33(37(28)30)42(6)38(32)34(43)19-31(29)35-18-26(39(45)46-35)17-25-12-14-27(15-13-25)41-36(44)20-40-5/h12-16,18-19,35,38,40H,4,7-11,17,20-21H2,1-3,5-6H3,(H,41,44). The number of hydrogen-bond donors (Lipinski definition) is 2. The van der Waals surface area contributed by atoms with E-state index < -0.39 is 6.10 Å². The maximum atomic E-state index is 13.2. The summed E-state index contributed by atoms with van der Waals surface area (Å²) in [5, 5.41) is 5.72. The Morgan fingerprint density at radius 1 is 1.15 bits per heavy atom. The molecule has 4 aliphatic heterocycles. The number of carbonyl (C=O) groups is 2. The molecule has 0 bridgehead atoms. The number of cyclic esters (lactones) is 1. The van der Waals surface area contributed by atoms with Crippen LogP contribution in [0.25, 0.3) is 5.57 Å². The largest absolute Gasteiger partial charge is 0.450 e. The summed E-state index contributed by atoms with van der Waals surface area (Å²) in [6.45, 7) is 12.5. The topological polar surface area (TPSA) is 73.9 Å². The molecule has 7 nitrogen and oxygen atoms in total. The third-order valence-corrected chi connectivity index (χ3v) is 10.5. The minimum atomic E-state index is -0.445. The van der Waals surface area contributed by atoms with Crippen LogP contribution in [0, 0.1) is 13.8 Å². The Hall–Kier alpha value is -4.36. The van der Waals surface area contributed by atoms with Crippen molar-refractivity contribution in [3.8, 4) is 0 Å². The molecule has 2 N–H and O–H groups in total. The summed E-state index contributed by atoms with van der Waals surface area (Å²) in [5.41, 5.74) is 17.0. The Kier molecular flexibility index (Phi) is 7.76. The number of rotatable bonds is 8. The van der Waals surface area contributed by atoms with Crippen molar-refractivity contribution >= 4 is 28.8 Å². The lowest BCUT2D eigenvalue weighted by Crippen LogP contribution is -2.39. The third kappa shape index (κ3) is 4.92. The minimum absolute atomic E-state index is 0.0963. The van der Waals surface area contributed by atoms with E-state index in [2.05, 4.69) is 67.0 Å². The zero-order valence-corrected chi connectivity index (χ0v) is 27.7. The van der Waals surface area contributed by atoms with Gasteiger partial charge in [-0.05, 0) is 116 Å². The summed E-state index contributed by atoms with van der Waals surface area (Å²) in [7, 11) is 3.98. The number of likely N-dealkylation sites (N-methyl/N-ethyl adjacent to an activating group) is 2. The van der Waals surface area contributed by atoms with E-state index in [-0.39, 0.29) is 24.5 Å². The van der Waals surface area contributed by atoms with Gasteiger partial charge in [0.2, 0.25) is 5.91 Å². The molecule has 0 saturated carbocycles. The number of ether oxygens (including phenoxy) is 1. The fraction of sp³-hybridized carbons (Fsp3) is 0.385. The Morgan fingerprint density at radius 3 is 2.67 bits per heavy atom. The molecule has 0 spiro atoms. The first-order chi connectivity index (χ1) is 22.2. The molecule has 2 unspecified atom stereocenters. The summed E-state index contributed by atoms with van der Waals surface area (Å²) in [5.74, 6) is -0.370. The van der Waals surface area contributed by atoms with Crippen molar-refractivity contribution in [1.82, 2.24) is 10.2 Å². The molecule has 1 fully saturated rings. The van der Waals surface area contributed by atoms with Gasteiger partial charge in [0, 0.05) is 59.5 Å². The van der Waals surface area contributed by atoms with E-state index in [9.17, 15) is 9.59 Å². The number of nitrogens with one attached hydrogen (secondary N) is 2. The number of hydrogen-bond acceptors (Lipinski definition) is 6. The molecule has 1 amide bonds. The van der Waals surface area contributed by atoms with Crippen molar-refractivity contribution in [3.05, 3.63) is 111 Å². The second-order valence-electron chi connectivity index (χ2n) is 13.3. The molecule has 2 aromatic carbocycles. The Bertz CT molecular complexity index is 1790. The van der Waals surface area contributed by atoms with Gasteiger partial charge in [-0.25, -0.2) is 4.79 Å². The van der Waals surface area contributed by atoms with E-state index in [1.807, 2.05) is 30.3 Å². The van der Waals surface area contributed by atoms with Gasteiger partial charge in [0.05, 0.1) is 12.6 Å². The number of anilines is 2. The van der Waals surface area contributed by atoms with Crippen LogP contribution in [0.2, 0.25) is 0 Å². The highest BCUT2D eigenvalue weighted by molar-refractivity contribution is 5.93. The van der Waals surface area contributed by atoms with Crippen molar-refractivity contribution in [3.63, 3.8) is 0 Å². The summed E-state index contributed by atoms with van der Waals surface area (Å²) < 4.78 is 6.09. The van der Waals surface area contributed by atoms with E-state index in [1.54, 1.807) is 7.05 Å². The molecule has 0 radical (unpaired) electrons.